The van der Waals surface area contributed by atoms with Crippen LogP contribution in [0.15, 0.2) is 51.7 Å². The number of likely N-dealkylation sites (tertiary alicyclic amines) is 1. The number of nitrogens with zero attached hydrogens (tertiary/aromatic N) is 3. The Balaban J connectivity index is 1.03. The van der Waals surface area contributed by atoms with Gasteiger partial charge in [0.2, 0.25) is 0 Å². The second-order valence-electron chi connectivity index (χ2n) is 9.57. The van der Waals surface area contributed by atoms with E-state index in [1.165, 1.54) is 38.0 Å². The SMILES string of the molecule is O=c1[nH]c2cccc(N3CCN(c4ccc(OC5CCN(C6CCC6)CC5)cc4)CC3)c2o1. The number of para-hydroxylation sites is 1. The Bertz CT molecular complexity index is 1130. The Kier molecular flexibility index (Phi) is 5.50. The molecule has 0 atom stereocenters. The first-order valence-corrected chi connectivity index (χ1v) is 12.4. The number of benzene rings is 2. The predicted octanol–water partition coefficient (Wildman–Crippen LogP) is 3.84. The van der Waals surface area contributed by atoms with Crippen LogP contribution in [0.4, 0.5) is 11.4 Å². The van der Waals surface area contributed by atoms with E-state index in [2.05, 4.69) is 43.9 Å². The van der Waals surface area contributed by atoms with Gasteiger partial charge in [-0.2, -0.15) is 0 Å². The average Bonchev–Trinajstić information content (AvgIpc) is 3.20. The number of nitrogens with one attached hydrogen (secondary N) is 1. The third-order valence-corrected chi connectivity index (χ3v) is 7.62. The van der Waals surface area contributed by atoms with E-state index >= 15 is 0 Å². The number of aromatic nitrogens is 1. The third-order valence-electron chi connectivity index (χ3n) is 7.62. The van der Waals surface area contributed by atoms with Gasteiger partial charge in [-0.3, -0.25) is 4.98 Å². The van der Waals surface area contributed by atoms with Crippen LogP contribution in [-0.2, 0) is 0 Å². The number of rotatable bonds is 5. The zero-order valence-corrected chi connectivity index (χ0v) is 19.0. The highest BCUT2D eigenvalue weighted by molar-refractivity contribution is 5.86. The molecule has 3 heterocycles. The standard InChI is InChI=1S/C26H32N4O3/c31-26-27-23-5-2-6-24(25(23)33-26)30-17-15-29(16-18-30)20-7-9-21(10-8-20)32-22-11-13-28(14-12-22)19-3-1-4-19/h2,5-10,19,22H,1,3-4,11-18H2,(H,27,31). The van der Waals surface area contributed by atoms with Crippen LogP contribution in [0.2, 0.25) is 0 Å². The van der Waals surface area contributed by atoms with Crippen molar-refractivity contribution in [1.82, 2.24) is 9.88 Å². The smallest absolute Gasteiger partial charge is 0.417 e. The molecule has 3 fully saturated rings. The summed E-state index contributed by atoms with van der Waals surface area (Å²) in [6, 6.07) is 15.3. The van der Waals surface area contributed by atoms with E-state index in [0.717, 1.165) is 62.0 Å². The highest BCUT2D eigenvalue weighted by Gasteiger charge is 2.29. The Morgan fingerprint density at radius 2 is 1.58 bits per heavy atom. The molecular formula is C26H32N4O3. The molecule has 6 rings (SSSR count). The predicted molar refractivity (Wildman–Crippen MR) is 131 cm³/mol. The van der Waals surface area contributed by atoms with Crippen LogP contribution in [0.25, 0.3) is 11.1 Å². The van der Waals surface area contributed by atoms with E-state index in [9.17, 15) is 4.79 Å². The Hall–Kier alpha value is -2.93. The lowest BCUT2D eigenvalue weighted by Crippen LogP contribution is -2.47. The van der Waals surface area contributed by atoms with Gasteiger partial charge in [0, 0.05) is 51.0 Å². The number of hydrogen-bond donors (Lipinski definition) is 1. The molecule has 0 unspecified atom stereocenters. The molecule has 1 aromatic heterocycles. The lowest BCUT2D eigenvalue weighted by Gasteiger charge is -2.41. The number of hydrogen-bond acceptors (Lipinski definition) is 6. The monoisotopic (exact) mass is 448 g/mol. The molecule has 7 heteroatoms. The largest absolute Gasteiger partial charge is 0.490 e. The topological polar surface area (TPSA) is 65.0 Å². The number of ether oxygens (including phenoxy) is 1. The summed E-state index contributed by atoms with van der Waals surface area (Å²) < 4.78 is 11.7. The van der Waals surface area contributed by atoms with Crippen molar-refractivity contribution in [3.63, 3.8) is 0 Å². The summed E-state index contributed by atoms with van der Waals surface area (Å²) in [5, 5.41) is 0. The van der Waals surface area contributed by atoms with Gasteiger partial charge in [-0.05, 0) is 62.1 Å². The number of anilines is 2. The maximum Gasteiger partial charge on any atom is 0.417 e. The van der Waals surface area contributed by atoms with Crippen LogP contribution < -0.4 is 20.3 Å². The van der Waals surface area contributed by atoms with Crippen molar-refractivity contribution in [2.75, 3.05) is 49.1 Å². The maximum atomic E-state index is 11.6. The second-order valence-corrected chi connectivity index (χ2v) is 9.57. The van der Waals surface area contributed by atoms with Crippen molar-refractivity contribution in [3.8, 4) is 5.75 Å². The number of piperazine rings is 1. The lowest BCUT2D eigenvalue weighted by atomic mass is 9.90. The zero-order valence-electron chi connectivity index (χ0n) is 19.0. The van der Waals surface area contributed by atoms with Crippen LogP contribution >= 0.6 is 0 Å². The van der Waals surface area contributed by atoms with E-state index in [0.29, 0.717) is 11.7 Å². The molecule has 1 aliphatic carbocycles. The number of H-pyrrole nitrogens is 1. The minimum Gasteiger partial charge on any atom is -0.490 e. The summed E-state index contributed by atoms with van der Waals surface area (Å²) in [6.07, 6.45) is 6.79. The van der Waals surface area contributed by atoms with Crippen molar-refractivity contribution in [2.45, 2.75) is 44.2 Å². The molecule has 2 aromatic carbocycles. The Morgan fingerprint density at radius 3 is 2.27 bits per heavy atom. The van der Waals surface area contributed by atoms with Crippen molar-refractivity contribution in [2.24, 2.45) is 0 Å². The number of aromatic amines is 1. The summed E-state index contributed by atoms with van der Waals surface area (Å²) in [4.78, 5) is 21.7. The quantitative estimate of drug-likeness (QED) is 0.640. The molecule has 7 nitrogen and oxygen atoms in total. The van der Waals surface area contributed by atoms with Gasteiger partial charge in [0.25, 0.3) is 0 Å². The number of piperidine rings is 1. The van der Waals surface area contributed by atoms with E-state index in [1.54, 1.807) is 0 Å². The van der Waals surface area contributed by atoms with Gasteiger partial charge in [0.1, 0.15) is 11.9 Å². The van der Waals surface area contributed by atoms with E-state index < -0.39 is 5.76 Å². The fourth-order valence-electron chi connectivity index (χ4n) is 5.45. The molecule has 0 amide bonds. The van der Waals surface area contributed by atoms with Crippen LogP contribution in [0.5, 0.6) is 5.75 Å². The molecule has 3 aliphatic rings. The average molecular weight is 449 g/mol. The van der Waals surface area contributed by atoms with Crippen LogP contribution in [0, 0.1) is 0 Å². The molecule has 3 aromatic rings. The zero-order chi connectivity index (χ0) is 22.2. The maximum absolute atomic E-state index is 11.6. The van der Waals surface area contributed by atoms with Gasteiger partial charge in [0.05, 0.1) is 11.2 Å². The molecule has 1 saturated carbocycles. The van der Waals surface area contributed by atoms with Gasteiger partial charge < -0.3 is 23.9 Å². The van der Waals surface area contributed by atoms with Crippen molar-refractivity contribution >= 4 is 22.5 Å². The summed E-state index contributed by atoms with van der Waals surface area (Å²) in [5.74, 6) is 0.580. The van der Waals surface area contributed by atoms with Gasteiger partial charge >= 0.3 is 5.76 Å². The van der Waals surface area contributed by atoms with Gasteiger partial charge in [0.15, 0.2) is 5.58 Å². The number of oxazole rings is 1. The Labute approximate surface area is 193 Å². The molecule has 0 spiro atoms. The fraction of sp³-hybridized carbons (Fsp3) is 0.500. The highest BCUT2D eigenvalue weighted by Crippen LogP contribution is 2.30. The molecule has 0 bridgehead atoms. The summed E-state index contributed by atoms with van der Waals surface area (Å²) in [5.41, 5.74) is 3.62. The molecule has 0 radical (unpaired) electrons. The molecular weight excluding hydrogens is 416 g/mol. The molecule has 174 valence electrons. The normalized spacial score (nSPS) is 20.8. The lowest BCUT2D eigenvalue weighted by molar-refractivity contribution is 0.0493. The van der Waals surface area contributed by atoms with E-state index in [4.69, 9.17) is 9.15 Å². The first-order valence-electron chi connectivity index (χ1n) is 12.4. The van der Waals surface area contributed by atoms with Gasteiger partial charge in [-0.25, -0.2) is 4.79 Å². The van der Waals surface area contributed by atoms with Crippen LogP contribution in [0.1, 0.15) is 32.1 Å². The number of fused-ring (bicyclic) bond motifs is 1. The first kappa shape index (κ1) is 20.7. The molecule has 1 N–H and O–H groups in total. The van der Waals surface area contributed by atoms with E-state index in [-0.39, 0.29) is 0 Å². The minimum atomic E-state index is -0.401. The first-order chi connectivity index (χ1) is 16.2. The highest BCUT2D eigenvalue weighted by atomic mass is 16.5. The second kappa shape index (κ2) is 8.78. The van der Waals surface area contributed by atoms with Crippen molar-refractivity contribution < 1.29 is 9.15 Å². The molecule has 2 aliphatic heterocycles. The van der Waals surface area contributed by atoms with Gasteiger partial charge in [-0.15, -0.1) is 0 Å². The van der Waals surface area contributed by atoms with Crippen molar-refractivity contribution in [1.29, 1.82) is 0 Å². The minimum absolute atomic E-state index is 0.340. The summed E-state index contributed by atoms with van der Waals surface area (Å²) >= 11 is 0. The third kappa shape index (κ3) is 4.22. The fourth-order valence-corrected chi connectivity index (χ4v) is 5.45. The van der Waals surface area contributed by atoms with E-state index in [1.807, 2.05) is 18.2 Å². The Morgan fingerprint density at radius 1 is 0.848 bits per heavy atom. The molecule has 2 saturated heterocycles. The molecule has 33 heavy (non-hydrogen) atoms. The summed E-state index contributed by atoms with van der Waals surface area (Å²) in [7, 11) is 0. The van der Waals surface area contributed by atoms with Crippen LogP contribution in [0.3, 0.4) is 0 Å². The van der Waals surface area contributed by atoms with Gasteiger partial charge in [-0.1, -0.05) is 12.5 Å². The van der Waals surface area contributed by atoms with Crippen molar-refractivity contribution in [3.05, 3.63) is 53.0 Å². The summed E-state index contributed by atoms with van der Waals surface area (Å²) in [6.45, 7) is 5.96. The van der Waals surface area contributed by atoms with Crippen LogP contribution in [-0.4, -0.2) is 61.3 Å².